The highest BCUT2D eigenvalue weighted by atomic mass is 16.4. The summed E-state index contributed by atoms with van der Waals surface area (Å²) in [5.74, 6) is 0.568. The molecule has 0 aliphatic heterocycles. The summed E-state index contributed by atoms with van der Waals surface area (Å²) in [5, 5.41) is 9.33. The first-order chi connectivity index (χ1) is 9.78. The van der Waals surface area contributed by atoms with Crippen molar-refractivity contribution < 1.29 is 14.7 Å². The van der Waals surface area contributed by atoms with E-state index in [0.717, 1.165) is 19.3 Å². The van der Waals surface area contributed by atoms with Crippen LogP contribution in [0.15, 0.2) is 0 Å². The smallest absolute Gasteiger partial charge is 0.326 e. The number of hydrogen-bond donors (Lipinski definition) is 1. The van der Waals surface area contributed by atoms with Gasteiger partial charge >= 0.3 is 5.97 Å². The Labute approximate surface area is 126 Å². The summed E-state index contributed by atoms with van der Waals surface area (Å²) >= 11 is 0. The third kappa shape index (κ3) is 2.27. The van der Waals surface area contributed by atoms with Crippen LogP contribution in [-0.2, 0) is 9.59 Å². The number of carboxylic acids is 1. The van der Waals surface area contributed by atoms with E-state index in [1.807, 2.05) is 6.92 Å². The van der Waals surface area contributed by atoms with Crippen LogP contribution in [-0.4, -0.2) is 35.0 Å². The van der Waals surface area contributed by atoms with Gasteiger partial charge in [-0.2, -0.15) is 0 Å². The van der Waals surface area contributed by atoms with Crippen molar-refractivity contribution in [3.05, 3.63) is 0 Å². The number of hydrogen-bond acceptors (Lipinski definition) is 2. The number of carboxylic acid groups (broad SMARTS) is 1. The van der Waals surface area contributed by atoms with E-state index in [1.54, 1.807) is 7.05 Å². The molecule has 4 bridgehead atoms. The lowest BCUT2D eigenvalue weighted by Gasteiger charge is -2.61. The van der Waals surface area contributed by atoms with E-state index in [9.17, 15) is 14.7 Å². The minimum absolute atomic E-state index is 0.0945. The lowest BCUT2D eigenvalue weighted by Crippen LogP contribution is -2.58. The van der Waals surface area contributed by atoms with E-state index in [1.165, 1.54) is 24.2 Å². The number of carbonyl (C=O) groups is 2. The van der Waals surface area contributed by atoms with Gasteiger partial charge in [-0.3, -0.25) is 4.79 Å². The zero-order chi connectivity index (χ0) is 15.4. The molecule has 3 atom stereocenters. The van der Waals surface area contributed by atoms with Crippen LogP contribution in [0, 0.1) is 22.7 Å². The minimum Gasteiger partial charge on any atom is -0.480 e. The average Bonchev–Trinajstić information content (AvgIpc) is 2.35. The second-order valence-corrected chi connectivity index (χ2v) is 8.23. The highest BCUT2D eigenvalue weighted by Gasteiger charge is 2.59. The molecule has 4 heteroatoms. The van der Waals surface area contributed by atoms with Crippen LogP contribution in [0.2, 0.25) is 0 Å². The van der Waals surface area contributed by atoms with E-state index in [-0.39, 0.29) is 11.3 Å². The Hall–Kier alpha value is -1.06. The van der Waals surface area contributed by atoms with Gasteiger partial charge in [-0.05, 0) is 62.2 Å². The SMILES string of the molecule is CCC(C(=O)O)N(C)C(=O)C12CC3CC(CC(C)(C3)C1)C2. The summed E-state index contributed by atoms with van der Waals surface area (Å²) in [7, 11) is 1.69. The quantitative estimate of drug-likeness (QED) is 0.867. The van der Waals surface area contributed by atoms with Crippen LogP contribution < -0.4 is 0 Å². The van der Waals surface area contributed by atoms with Crippen LogP contribution in [0.5, 0.6) is 0 Å². The number of rotatable bonds is 4. The van der Waals surface area contributed by atoms with E-state index >= 15 is 0 Å². The predicted octanol–water partition coefficient (Wildman–Crippen LogP) is 2.91. The summed E-state index contributed by atoms with van der Waals surface area (Å²) in [5.41, 5.74) is 0.0436. The molecule has 4 aliphatic carbocycles. The van der Waals surface area contributed by atoms with Gasteiger partial charge in [-0.1, -0.05) is 13.8 Å². The summed E-state index contributed by atoms with van der Waals surface area (Å²) in [6, 6.07) is -0.682. The summed E-state index contributed by atoms with van der Waals surface area (Å²) in [6.45, 7) is 4.17. The molecule has 0 aromatic carbocycles. The molecule has 1 N–H and O–H groups in total. The van der Waals surface area contributed by atoms with Gasteiger partial charge < -0.3 is 10.0 Å². The van der Waals surface area contributed by atoms with Crippen molar-refractivity contribution >= 4 is 11.9 Å². The molecule has 4 aliphatic rings. The second-order valence-electron chi connectivity index (χ2n) is 8.23. The average molecular weight is 293 g/mol. The largest absolute Gasteiger partial charge is 0.480 e. The van der Waals surface area contributed by atoms with E-state index in [4.69, 9.17) is 0 Å². The molecule has 4 fully saturated rings. The maximum Gasteiger partial charge on any atom is 0.326 e. The van der Waals surface area contributed by atoms with E-state index in [2.05, 4.69) is 6.92 Å². The summed E-state index contributed by atoms with van der Waals surface area (Å²) < 4.78 is 0. The molecule has 118 valence electrons. The molecule has 0 aromatic rings. The van der Waals surface area contributed by atoms with Crippen molar-refractivity contribution in [2.45, 2.75) is 64.8 Å². The monoisotopic (exact) mass is 293 g/mol. The molecule has 21 heavy (non-hydrogen) atoms. The maximum absolute atomic E-state index is 13.1. The molecule has 0 spiro atoms. The summed E-state index contributed by atoms with van der Waals surface area (Å²) in [4.78, 5) is 26.0. The zero-order valence-electron chi connectivity index (χ0n) is 13.4. The van der Waals surface area contributed by atoms with Crippen molar-refractivity contribution in [2.24, 2.45) is 22.7 Å². The Bertz CT molecular complexity index is 459. The Kier molecular flexibility index (Phi) is 3.34. The maximum atomic E-state index is 13.1. The lowest BCUT2D eigenvalue weighted by atomic mass is 9.44. The molecule has 0 heterocycles. The Morgan fingerprint density at radius 2 is 1.81 bits per heavy atom. The standard InChI is InChI=1S/C17H27NO3/c1-4-13(14(19)20)18(3)15(21)17-8-11-5-12(9-17)7-16(2,6-11)10-17/h11-13H,4-10H2,1-3H3,(H,19,20). The highest BCUT2D eigenvalue weighted by molar-refractivity contribution is 5.87. The van der Waals surface area contributed by atoms with Crippen LogP contribution in [0.4, 0.5) is 0 Å². The van der Waals surface area contributed by atoms with Gasteiger partial charge in [0.1, 0.15) is 6.04 Å². The van der Waals surface area contributed by atoms with E-state index in [0.29, 0.717) is 23.7 Å². The molecule has 0 radical (unpaired) electrons. The van der Waals surface area contributed by atoms with Crippen LogP contribution in [0.1, 0.15) is 58.8 Å². The lowest BCUT2D eigenvalue weighted by molar-refractivity contribution is -0.170. The Morgan fingerprint density at radius 1 is 1.24 bits per heavy atom. The Balaban J connectivity index is 1.85. The van der Waals surface area contributed by atoms with Crippen molar-refractivity contribution in [1.82, 2.24) is 4.90 Å². The first-order valence-electron chi connectivity index (χ1n) is 8.29. The normalized spacial score (nSPS) is 41.9. The number of nitrogens with zero attached hydrogens (tertiary/aromatic N) is 1. The van der Waals surface area contributed by atoms with E-state index < -0.39 is 12.0 Å². The molecule has 1 amide bonds. The van der Waals surface area contributed by atoms with Crippen LogP contribution >= 0.6 is 0 Å². The predicted molar refractivity (Wildman–Crippen MR) is 79.7 cm³/mol. The van der Waals surface area contributed by atoms with Crippen molar-refractivity contribution in [3.8, 4) is 0 Å². The molecule has 4 rings (SSSR count). The van der Waals surface area contributed by atoms with Crippen molar-refractivity contribution in [1.29, 1.82) is 0 Å². The molecule has 4 nitrogen and oxygen atoms in total. The number of carbonyl (C=O) groups excluding carboxylic acids is 1. The molecule has 0 aromatic heterocycles. The first kappa shape index (κ1) is 14.9. The fraction of sp³-hybridized carbons (Fsp3) is 0.882. The van der Waals surface area contributed by atoms with Crippen LogP contribution in [0.3, 0.4) is 0 Å². The number of aliphatic carboxylic acids is 1. The van der Waals surface area contributed by atoms with Gasteiger partial charge in [-0.25, -0.2) is 4.79 Å². The minimum atomic E-state index is -0.885. The fourth-order valence-corrected chi connectivity index (χ4v) is 6.10. The number of likely N-dealkylation sites (N-methyl/N-ethyl adjacent to an activating group) is 1. The van der Waals surface area contributed by atoms with Crippen LogP contribution in [0.25, 0.3) is 0 Å². The van der Waals surface area contributed by atoms with Gasteiger partial charge in [0, 0.05) is 7.05 Å². The molecular formula is C17H27NO3. The zero-order valence-corrected chi connectivity index (χ0v) is 13.4. The summed E-state index contributed by atoms with van der Waals surface area (Å²) in [6.07, 6.45) is 7.21. The number of amides is 1. The van der Waals surface area contributed by atoms with Gasteiger partial charge in [-0.15, -0.1) is 0 Å². The third-order valence-corrected chi connectivity index (χ3v) is 6.27. The van der Waals surface area contributed by atoms with Gasteiger partial charge in [0.05, 0.1) is 5.41 Å². The molecule has 3 unspecified atom stereocenters. The molecule has 4 saturated carbocycles. The van der Waals surface area contributed by atoms with Gasteiger partial charge in [0.25, 0.3) is 0 Å². The molecule has 0 saturated heterocycles. The Morgan fingerprint density at radius 3 is 2.24 bits per heavy atom. The van der Waals surface area contributed by atoms with Crippen molar-refractivity contribution in [3.63, 3.8) is 0 Å². The third-order valence-electron chi connectivity index (χ3n) is 6.27. The topological polar surface area (TPSA) is 57.6 Å². The van der Waals surface area contributed by atoms with Gasteiger partial charge in [0.15, 0.2) is 0 Å². The van der Waals surface area contributed by atoms with Crippen molar-refractivity contribution in [2.75, 3.05) is 7.05 Å². The molecular weight excluding hydrogens is 266 g/mol. The second kappa shape index (κ2) is 4.72. The fourth-order valence-electron chi connectivity index (χ4n) is 6.10. The van der Waals surface area contributed by atoms with Gasteiger partial charge in [0.2, 0.25) is 5.91 Å². The highest BCUT2D eigenvalue weighted by Crippen LogP contribution is 2.65. The first-order valence-corrected chi connectivity index (χ1v) is 8.29.